The number of fused-ring (bicyclic) bond motifs is 1. The van der Waals surface area contributed by atoms with Crippen molar-refractivity contribution in [2.24, 2.45) is 0 Å². The molecule has 3 heterocycles. The molecule has 0 spiro atoms. The van der Waals surface area contributed by atoms with Crippen LogP contribution >= 0.6 is 23.1 Å². The molecule has 6 nitrogen and oxygen atoms in total. The summed E-state index contributed by atoms with van der Waals surface area (Å²) in [5.74, 6) is -0.407. The molecule has 1 fully saturated rings. The molecular weight excluding hydrogens is 425 g/mol. The third-order valence-electron chi connectivity index (χ3n) is 5.14. The summed E-state index contributed by atoms with van der Waals surface area (Å²) in [5, 5.41) is 3.85. The van der Waals surface area contributed by atoms with E-state index in [1.807, 2.05) is 13.8 Å². The van der Waals surface area contributed by atoms with E-state index in [1.165, 1.54) is 39.8 Å². The molecule has 0 aliphatic carbocycles. The Balaban J connectivity index is 1.63. The van der Waals surface area contributed by atoms with Crippen LogP contribution in [0, 0.1) is 19.7 Å². The Bertz CT molecular complexity index is 1140. The van der Waals surface area contributed by atoms with Crippen LogP contribution in [0.1, 0.15) is 23.3 Å². The van der Waals surface area contributed by atoms with Gasteiger partial charge in [-0.3, -0.25) is 14.2 Å². The van der Waals surface area contributed by atoms with E-state index < -0.39 is 0 Å². The summed E-state index contributed by atoms with van der Waals surface area (Å²) in [5.41, 5.74) is 1.20. The number of thiophene rings is 1. The lowest BCUT2D eigenvalue weighted by atomic mass is 10.2. The zero-order chi connectivity index (χ0) is 21.3. The van der Waals surface area contributed by atoms with Gasteiger partial charge in [0.05, 0.1) is 22.9 Å². The number of nitrogens with one attached hydrogen (secondary N) is 1. The predicted octanol–water partition coefficient (Wildman–Crippen LogP) is 3.59. The normalized spacial score (nSPS) is 16.3. The molecule has 0 bridgehead atoms. The Labute approximate surface area is 181 Å². The largest absolute Gasteiger partial charge is 0.376 e. The highest BCUT2D eigenvalue weighted by atomic mass is 32.2. The smallest absolute Gasteiger partial charge is 0.267 e. The first-order valence-corrected chi connectivity index (χ1v) is 11.5. The number of hydrogen-bond donors (Lipinski definition) is 1. The summed E-state index contributed by atoms with van der Waals surface area (Å²) < 4.78 is 20.4. The molecule has 158 valence electrons. The molecule has 3 aromatic rings. The molecule has 1 N–H and O–H groups in total. The average Bonchev–Trinajstić information content (AvgIpc) is 3.34. The van der Waals surface area contributed by atoms with Crippen molar-refractivity contribution in [1.82, 2.24) is 14.9 Å². The second kappa shape index (κ2) is 8.87. The van der Waals surface area contributed by atoms with Crippen LogP contribution in [0.15, 0.2) is 34.2 Å². The van der Waals surface area contributed by atoms with Crippen LogP contribution in [0.2, 0.25) is 0 Å². The molecule has 30 heavy (non-hydrogen) atoms. The van der Waals surface area contributed by atoms with E-state index in [0.29, 0.717) is 27.6 Å². The molecule has 1 amide bonds. The lowest BCUT2D eigenvalue weighted by molar-refractivity contribution is -0.119. The highest BCUT2D eigenvalue weighted by Crippen LogP contribution is 2.29. The zero-order valence-corrected chi connectivity index (χ0v) is 18.4. The molecule has 4 rings (SSSR count). The number of carbonyl (C=O) groups is 1. The fraction of sp³-hybridized carbons (Fsp3) is 0.381. The van der Waals surface area contributed by atoms with Gasteiger partial charge in [-0.2, -0.15) is 0 Å². The molecule has 0 radical (unpaired) electrons. The van der Waals surface area contributed by atoms with Crippen LogP contribution in [0.4, 0.5) is 4.39 Å². The molecule has 1 atom stereocenters. The zero-order valence-electron chi connectivity index (χ0n) is 16.7. The fourth-order valence-electron chi connectivity index (χ4n) is 3.40. The third kappa shape index (κ3) is 4.28. The van der Waals surface area contributed by atoms with Crippen LogP contribution < -0.4 is 10.9 Å². The van der Waals surface area contributed by atoms with Crippen molar-refractivity contribution in [3.63, 3.8) is 0 Å². The van der Waals surface area contributed by atoms with Gasteiger partial charge in [-0.25, -0.2) is 9.37 Å². The summed E-state index contributed by atoms with van der Waals surface area (Å²) in [6, 6.07) is 5.70. The molecule has 1 aromatic carbocycles. The van der Waals surface area contributed by atoms with Crippen molar-refractivity contribution < 1.29 is 13.9 Å². The number of thioether (sulfide) groups is 1. The van der Waals surface area contributed by atoms with E-state index in [2.05, 4.69) is 10.3 Å². The number of ether oxygens (including phenoxy) is 1. The molecule has 9 heteroatoms. The molecule has 1 saturated heterocycles. The summed E-state index contributed by atoms with van der Waals surface area (Å²) in [6.07, 6.45) is 2.04. The van der Waals surface area contributed by atoms with Gasteiger partial charge < -0.3 is 10.1 Å². The van der Waals surface area contributed by atoms with E-state index in [0.717, 1.165) is 29.9 Å². The van der Waals surface area contributed by atoms with Crippen molar-refractivity contribution >= 4 is 39.2 Å². The number of benzene rings is 1. The fourth-order valence-corrected chi connectivity index (χ4v) is 5.32. The van der Waals surface area contributed by atoms with Gasteiger partial charge in [0, 0.05) is 18.0 Å². The predicted molar refractivity (Wildman–Crippen MR) is 117 cm³/mol. The molecular formula is C21H22FN3O3S2. The van der Waals surface area contributed by atoms with Gasteiger partial charge in [-0.15, -0.1) is 11.3 Å². The van der Waals surface area contributed by atoms with Gasteiger partial charge in [-0.05, 0) is 56.5 Å². The minimum atomic E-state index is -0.383. The number of halogens is 1. The Morgan fingerprint density at radius 3 is 2.83 bits per heavy atom. The summed E-state index contributed by atoms with van der Waals surface area (Å²) in [4.78, 5) is 32.0. The van der Waals surface area contributed by atoms with Crippen molar-refractivity contribution in [2.45, 2.75) is 37.9 Å². The first-order chi connectivity index (χ1) is 14.4. The van der Waals surface area contributed by atoms with Crippen molar-refractivity contribution in [1.29, 1.82) is 0 Å². The van der Waals surface area contributed by atoms with Crippen LogP contribution in [-0.4, -0.2) is 40.5 Å². The van der Waals surface area contributed by atoms with Crippen LogP contribution in [0.5, 0.6) is 0 Å². The number of carbonyl (C=O) groups excluding carboxylic acids is 1. The van der Waals surface area contributed by atoms with Gasteiger partial charge in [0.15, 0.2) is 5.16 Å². The highest BCUT2D eigenvalue weighted by molar-refractivity contribution is 7.99. The molecule has 0 unspecified atom stereocenters. The molecule has 1 aliphatic heterocycles. The van der Waals surface area contributed by atoms with Crippen molar-refractivity contribution in [3.05, 3.63) is 50.9 Å². The van der Waals surface area contributed by atoms with Crippen molar-refractivity contribution in [3.8, 4) is 5.69 Å². The standard InChI is InChI=1S/C21H22FN3O3S2/c1-12-13(2)30-19-18(12)20(27)25(15-7-5-14(22)6-8-15)21(24-19)29-11-17(26)23-10-16-4-3-9-28-16/h5-8,16H,3-4,9-11H2,1-2H3,(H,23,26)/t16-/m0/s1. The van der Waals surface area contributed by atoms with Gasteiger partial charge in [0.1, 0.15) is 10.6 Å². The number of hydrogen-bond acceptors (Lipinski definition) is 6. The Kier molecular flexibility index (Phi) is 6.21. The van der Waals surface area contributed by atoms with E-state index in [4.69, 9.17) is 4.74 Å². The lowest BCUT2D eigenvalue weighted by Crippen LogP contribution is -2.33. The maximum absolute atomic E-state index is 13.4. The third-order valence-corrected chi connectivity index (χ3v) is 7.18. The SMILES string of the molecule is Cc1sc2nc(SCC(=O)NC[C@@H]3CCCO3)n(-c3ccc(F)cc3)c(=O)c2c1C. The monoisotopic (exact) mass is 447 g/mol. The summed E-state index contributed by atoms with van der Waals surface area (Å²) in [6.45, 7) is 5.08. The van der Waals surface area contributed by atoms with E-state index in [-0.39, 0.29) is 29.1 Å². The van der Waals surface area contributed by atoms with Crippen LogP contribution in [-0.2, 0) is 9.53 Å². The number of amides is 1. The van der Waals surface area contributed by atoms with Gasteiger partial charge in [0.25, 0.3) is 5.56 Å². The van der Waals surface area contributed by atoms with Crippen LogP contribution in [0.3, 0.4) is 0 Å². The number of rotatable bonds is 6. The minimum absolute atomic E-state index is 0.0721. The lowest BCUT2D eigenvalue weighted by Gasteiger charge is -2.13. The number of aromatic nitrogens is 2. The quantitative estimate of drug-likeness (QED) is 0.462. The van der Waals surface area contributed by atoms with E-state index >= 15 is 0 Å². The van der Waals surface area contributed by atoms with Gasteiger partial charge in [0.2, 0.25) is 5.91 Å². The number of nitrogens with zero attached hydrogens (tertiary/aromatic N) is 2. The van der Waals surface area contributed by atoms with Crippen LogP contribution in [0.25, 0.3) is 15.9 Å². The second-order valence-electron chi connectivity index (χ2n) is 7.20. The summed E-state index contributed by atoms with van der Waals surface area (Å²) >= 11 is 2.65. The highest BCUT2D eigenvalue weighted by Gasteiger charge is 2.20. The maximum atomic E-state index is 13.4. The Morgan fingerprint density at radius 1 is 1.37 bits per heavy atom. The number of aryl methyl sites for hydroxylation is 2. The Hall–Kier alpha value is -2.23. The first-order valence-electron chi connectivity index (χ1n) is 9.74. The molecule has 0 saturated carbocycles. The second-order valence-corrected chi connectivity index (χ2v) is 9.35. The van der Waals surface area contributed by atoms with Gasteiger partial charge >= 0.3 is 0 Å². The molecule has 1 aliphatic rings. The average molecular weight is 448 g/mol. The molecule has 2 aromatic heterocycles. The minimum Gasteiger partial charge on any atom is -0.376 e. The Morgan fingerprint density at radius 2 is 2.13 bits per heavy atom. The van der Waals surface area contributed by atoms with E-state index in [9.17, 15) is 14.0 Å². The van der Waals surface area contributed by atoms with Gasteiger partial charge in [-0.1, -0.05) is 11.8 Å². The van der Waals surface area contributed by atoms with E-state index in [1.54, 1.807) is 12.1 Å². The first kappa shape index (κ1) is 21.0. The topological polar surface area (TPSA) is 73.2 Å². The summed E-state index contributed by atoms with van der Waals surface area (Å²) in [7, 11) is 0. The van der Waals surface area contributed by atoms with Crippen molar-refractivity contribution in [2.75, 3.05) is 18.9 Å². The maximum Gasteiger partial charge on any atom is 0.267 e.